The number of fused-ring (bicyclic) bond motifs is 1. The average molecular weight is 364 g/mol. The van der Waals surface area contributed by atoms with Gasteiger partial charge in [-0.2, -0.15) is 5.10 Å². The van der Waals surface area contributed by atoms with Crippen LogP contribution in [0.3, 0.4) is 0 Å². The van der Waals surface area contributed by atoms with E-state index in [0.717, 1.165) is 24.1 Å². The first kappa shape index (κ1) is 19.2. The minimum Gasteiger partial charge on any atom is -0.366 e. The lowest BCUT2D eigenvalue weighted by Gasteiger charge is -2.47. The van der Waals surface area contributed by atoms with Gasteiger partial charge in [0.1, 0.15) is 0 Å². The van der Waals surface area contributed by atoms with Gasteiger partial charge in [-0.25, -0.2) is 5.43 Å². The molecule has 0 fully saturated rings. The Morgan fingerprint density at radius 3 is 2.63 bits per heavy atom. The van der Waals surface area contributed by atoms with Crippen molar-refractivity contribution in [2.75, 3.05) is 11.4 Å². The van der Waals surface area contributed by atoms with E-state index in [1.807, 2.05) is 31.2 Å². The van der Waals surface area contributed by atoms with Crippen LogP contribution in [0, 0.1) is 6.92 Å². The van der Waals surface area contributed by atoms with Gasteiger partial charge in [-0.1, -0.05) is 30.7 Å². The summed E-state index contributed by atoms with van der Waals surface area (Å²) >= 11 is 0. The predicted molar refractivity (Wildman–Crippen MR) is 113 cm³/mol. The molecule has 4 heteroatoms. The summed E-state index contributed by atoms with van der Waals surface area (Å²) in [5.74, 6) is 0.296. The third-order valence-electron chi connectivity index (χ3n) is 5.42. The lowest BCUT2D eigenvalue weighted by atomic mass is 9.79. The molecule has 2 aromatic carbocycles. The molecule has 0 unspecified atom stereocenters. The Hall–Kier alpha value is -2.62. The molecular formula is C23H29N3O. The Kier molecular flexibility index (Phi) is 5.36. The molecule has 0 spiro atoms. The topological polar surface area (TPSA) is 44.7 Å². The molecule has 1 heterocycles. The van der Waals surface area contributed by atoms with E-state index in [2.05, 4.69) is 61.3 Å². The highest BCUT2D eigenvalue weighted by Gasteiger charge is 2.35. The van der Waals surface area contributed by atoms with Crippen LogP contribution < -0.4 is 10.3 Å². The van der Waals surface area contributed by atoms with Crippen LogP contribution >= 0.6 is 0 Å². The SMILES string of the molecule is CCN1c2ccc(/C=N\NC(=O)c3ccc(C)cc3)cc2[C@@H](C)CC1(C)C. The number of amides is 1. The number of hydrazone groups is 1. The fourth-order valence-electron chi connectivity index (χ4n) is 4.12. The lowest BCUT2D eigenvalue weighted by molar-refractivity contribution is 0.0955. The number of anilines is 1. The molecule has 2 aromatic rings. The number of aryl methyl sites for hydroxylation is 1. The fraction of sp³-hybridized carbons (Fsp3) is 0.391. The zero-order valence-electron chi connectivity index (χ0n) is 16.9. The number of rotatable bonds is 4. The summed E-state index contributed by atoms with van der Waals surface area (Å²) in [6, 6.07) is 13.9. The van der Waals surface area contributed by atoms with Crippen molar-refractivity contribution in [1.29, 1.82) is 0 Å². The first-order valence-corrected chi connectivity index (χ1v) is 9.63. The van der Waals surface area contributed by atoms with E-state index >= 15 is 0 Å². The maximum absolute atomic E-state index is 12.2. The molecule has 1 atom stereocenters. The molecule has 0 radical (unpaired) electrons. The van der Waals surface area contributed by atoms with Gasteiger partial charge in [-0.3, -0.25) is 4.79 Å². The van der Waals surface area contributed by atoms with Gasteiger partial charge in [0.15, 0.2) is 0 Å². The first-order chi connectivity index (χ1) is 12.8. The second-order valence-electron chi connectivity index (χ2n) is 8.05. The van der Waals surface area contributed by atoms with Crippen molar-refractivity contribution in [1.82, 2.24) is 5.43 Å². The lowest BCUT2D eigenvalue weighted by Crippen LogP contribution is -2.48. The molecule has 0 aliphatic carbocycles. The van der Waals surface area contributed by atoms with E-state index in [0.29, 0.717) is 11.5 Å². The summed E-state index contributed by atoms with van der Waals surface area (Å²) in [5.41, 5.74) is 8.17. The first-order valence-electron chi connectivity index (χ1n) is 9.63. The number of hydrogen-bond donors (Lipinski definition) is 1. The largest absolute Gasteiger partial charge is 0.366 e. The minimum absolute atomic E-state index is 0.165. The minimum atomic E-state index is -0.198. The molecule has 1 amide bonds. The number of benzene rings is 2. The average Bonchev–Trinajstić information content (AvgIpc) is 2.62. The molecule has 1 aliphatic rings. The normalized spacial score (nSPS) is 18.4. The van der Waals surface area contributed by atoms with E-state index in [9.17, 15) is 4.79 Å². The molecule has 27 heavy (non-hydrogen) atoms. The summed E-state index contributed by atoms with van der Waals surface area (Å²) in [6.07, 6.45) is 2.84. The van der Waals surface area contributed by atoms with Crippen molar-refractivity contribution >= 4 is 17.8 Å². The van der Waals surface area contributed by atoms with Crippen LogP contribution in [0.4, 0.5) is 5.69 Å². The number of hydrogen-bond acceptors (Lipinski definition) is 3. The van der Waals surface area contributed by atoms with Crippen molar-refractivity contribution in [3.8, 4) is 0 Å². The summed E-state index contributed by atoms with van der Waals surface area (Å²) in [7, 11) is 0. The molecule has 4 nitrogen and oxygen atoms in total. The van der Waals surface area contributed by atoms with Crippen LogP contribution in [0.25, 0.3) is 0 Å². The molecule has 1 N–H and O–H groups in total. The van der Waals surface area contributed by atoms with Crippen LogP contribution in [0.1, 0.15) is 67.1 Å². The van der Waals surface area contributed by atoms with Crippen LogP contribution in [0.5, 0.6) is 0 Å². The van der Waals surface area contributed by atoms with Crippen molar-refractivity contribution < 1.29 is 4.79 Å². The van der Waals surface area contributed by atoms with Crippen LogP contribution in [-0.2, 0) is 0 Å². The number of carbonyl (C=O) groups is 1. The van der Waals surface area contributed by atoms with Gasteiger partial charge in [0.25, 0.3) is 5.91 Å². The molecule has 142 valence electrons. The smallest absolute Gasteiger partial charge is 0.271 e. The molecule has 3 rings (SSSR count). The van der Waals surface area contributed by atoms with E-state index in [4.69, 9.17) is 0 Å². The van der Waals surface area contributed by atoms with Crippen LogP contribution in [-0.4, -0.2) is 24.2 Å². The maximum atomic E-state index is 12.2. The molecule has 0 aromatic heterocycles. The monoisotopic (exact) mass is 363 g/mol. The fourth-order valence-corrected chi connectivity index (χ4v) is 4.12. The molecular weight excluding hydrogens is 334 g/mol. The van der Waals surface area contributed by atoms with Crippen molar-refractivity contribution in [3.63, 3.8) is 0 Å². The van der Waals surface area contributed by atoms with E-state index in [-0.39, 0.29) is 11.4 Å². The van der Waals surface area contributed by atoms with Gasteiger partial charge in [-0.15, -0.1) is 0 Å². The summed E-state index contributed by atoms with van der Waals surface area (Å²) in [4.78, 5) is 14.6. The van der Waals surface area contributed by atoms with E-state index in [1.54, 1.807) is 6.21 Å². The van der Waals surface area contributed by atoms with Gasteiger partial charge in [0.2, 0.25) is 0 Å². The summed E-state index contributed by atoms with van der Waals surface area (Å²) in [6.45, 7) is 12.1. The van der Waals surface area contributed by atoms with E-state index < -0.39 is 0 Å². The highest BCUT2D eigenvalue weighted by atomic mass is 16.2. The van der Waals surface area contributed by atoms with Gasteiger partial charge in [0, 0.05) is 23.3 Å². The Bertz CT molecular complexity index is 852. The highest BCUT2D eigenvalue weighted by Crippen LogP contribution is 2.43. The van der Waals surface area contributed by atoms with E-state index in [1.165, 1.54) is 11.3 Å². The molecule has 0 bridgehead atoms. The van der Waals surface area contributed by atoms with Crippen molar-refractivity contribution in [3.05, 3.63) is 64.7 Å². The van der Waals surface area contributed by atoms with Gasteiger partial charge in [-0.05, 0) is 75.4 Å². The second-order valence-corrected chi connectivity index (χ2v) is 8.05. The van der Waals surface area contributed by atoms with Crippen LogP contribution in [0.2, 0.25) is 0 Å². The Labute approximate surface area is 162 Å². The third kappa shape index (κ3) is 4.05. The predicted octanol–water partition coefficient (Wildman–Crippen LogP) is 4.87. The number of carbonyl (C=O) groups excluding carboxylic acids is 1. The zero-order valence-corrected chi connectivity index (χ0v) is 16.9. The number of nitrogens with zero attached hydrogens (tertiary/aromatic N) is 2. The van der Waals surface area contributed by atoms with Crippen molar-refractivity contribution in [2.45, 2.75) is 52.5 Å². The highest BCUT2D eigenvalue weighted by molar-refractivity contribution is 5.95. The van der Waals surface area contributed by atoms with Crippen LogP contribution in [0.15, 0.2) is 47.6 Å². The summed E-state index contributed by atoms with van der Waals surface area (Å²) in [5, 5.41) is 4.14. The molecule has 0 saturated heterocycles. The third-order valence-corrected chi connectivity index (χ3v) is 5.42. The summed E-state index contributed by atoms with van der Waals surface area (Å²) < 4.78 is 0. The zero-order chi connectivity index (χ0) is 19.6. The van der Waals surface area contributed by atoms with Crippen molar-refractivity contribution in [2.24, 2.45) is 5.10 Å². The molecule has 0 saturated carbocycles. The quantitative estimate of drug-likeness (QED) is 0.622. The Balaban J connectivity index is 1.75. The Morgan fingerprint density at radius 1 is 1.26 bits per heavy atom. The Morgan fingerprint density at radius 2 is 1.96 bits per heavy atom. The van der Waals surface area contributed by atoms with Gasteiger partial charge >= 0.3 is 0 Å². The molecule has 1 aliphatic heterocycles. The standard InChI is InChI=1S/C23H29N3O/c1-6-26-21-12-9-18(13-20(21)17(3)14-23(26,4)5)15-24-25-22(27)19-10-7-16(2)8-11-19/h7-13,15,17H,6,14H2,1-5H3,(H,25,27)/b24-15-/t17-/m0/s1. The van der Waals surface area contributed by atoms with Gasteiger partial charge in [0.05, 0.1) is 6.21 Å². The van der Waals surface area contributed by atoms with Gasteiger partial charge < -0.3 is 4.90 Å². The maximum Gasteiger partial charge on any atom is 0.271 e. The second kappa shape index (κ2) is 7.55. The number of nitrogens with one attached hydrogen (secondary N) is 1.